The zero-order chi connectivity index (χ0) is 31.2. The van der Waals surface area contributed by atoms with Crippen LogP contribution >= 0.6 is 11.6 Å². The quantitative estimate of drug-likeness (QED) is 0.288. The fourth-order valence-corrected chi connectivity index (χ4v) is 6.90. The smallest absolute Gasteiger partial charge is 0.355 e. The highest BCUT2D eigenvalue weighted by Crippen LogP contribution is 2.58. The number of nitrogens with zero attached hydrogens (tertiary/aromatic N) is 2. The molecule has 0 saturated heterocycles. The SMILES string of the molecule is CCOC(=O)[C@H]1C(C(=O)OC)=C(C(=O)OC)N2c3ccccc3C=CC2[C@@]12C(=O)N(Cc1ccccc1)c1ccc(Cl)cc12. The van der Waals surface area contributed by atoms with Gasteiger partial charge in [-0.25, -0.2) is 9.59 Å². The highest BCUT2D eigenvalue weighted by Gasteiger charge is 2.69. The average molecular weight is 613 g/mol. The van der Waals surface area contributed by atoms with E-state index in [9.17, 15) is 14.4 Å². The van der Waals surface area contributed by atoms with Gasteiger partial charge < -0.3 is 24.0 Å². The van der Waals surface area contributed by atoms with Gasteiger partial charge >= 0.3 is 17.9 Å². The van der Waals surface area contributed by atoms with Crippen molar-refractivity contribution in [1.29, 1.82) is 0 Å². The van der Waals surface area contributed by atoms with E-state index in [4.69, 9.17) is 25.8 Å². The lowest BCUT2D eigenvalue weighted by Gasteiger charge is -2.52. The monoisotopic (exact) mass is 612 g/mol. The van der Waals surface area contributed by atoms with Crippen LogP contribution in [0.3, 0.4) is 0 Å². The summed E-state index contributed by atoms with van der Waals surface area (Å²) in [6, 6.07) is 20.8. The fraction of sp³-hybridized carbons (Fsp3) is 0.235. The number of para-hydroxylation sites is 1. The molecular formula is C34H29ClN2O7. The molecule has 0 N–H and O–H groups in total. The number of hydrogen-bond acceptors (Lipinski definition) is 8. The molecule has 1 spiro atoms. The molecule has 3 heterocycles. The Labute approximate surface area is 259 Å². The van der Waals surface area contributed by atoms with Crippen LogP contribution in [-0.2, 0) is 45.3 Å². The van der Waals surface area contributed by atoms with Crippen LogP contribution in [0, 0.1) is 5.92 Å². The summed E-state index contributed by atoms with van der Waals surface area (Å²) in [6.07, 6.45) is 3.62. The Balaban J connectivity index is 1.74. The third kappa shape index (κ3) is 4.22. The van der Waals surface area contributed by atoms with E-state index in [0.29, 0.717) is 22.0 Å². The van der Waals surface area contributed by atoms with E-state index in [-0.39, 0.29) is 24.4 Å². The normalized spacial score (nSPS) is 21.5. The van der Waals surface area contributed by atoms with Crippen LogP contribution in [0.1, 0.15) is 23.6 Å². The van der Waals surface area contributed by atoms with Gasteiger partial charge in [0.05, 0.1) is 39.0 Å². The lowest BCUT2D eigenvalue weighted by Crippen LogP contribution is -2.66. The maximum Gasteiger partial charge on any atom is 0.355 e. The van der Waals surface area contributed by atoms with Gasteiger partial charge in [-0.3, -0.25) is 9.59 Å². The fourth-order valence-electron chi connectivity index (χ4n) is 6.73. The number of benzene rings is 3. The van der Waals surface area contributed by atoms with Gasteiger partial charge in [-0.2, -0.15) is 0 Å². The van der Waals surface area contributed by atoms with Crippen LogP contribution in [0.15, 0.2) is 90.1 Å². The van der Waals surface area contributed by atoms with Crippen molar-refractivity contribution in [3.63, 3.8) is 0 Å². The summed E-state index contributed by atoms with van der Waals surface area (Å²) in [5.41, 5.74) is 0.736. The molecule has 3 aromatic rings. The number of halogens is 1. The predicted molar refractivity (Wildman–Crippen MR) is 164 cm³/mol. The number of ether oxygens (including phenoxy) is 3. The maximum atomic E-state index is 15.3. The first-order valence-electron chi connectivity index (χ1n) is 14.1. The standard InChI is InChI=1S/C34H29ClN2O7/c1-4-44-31(39)28-27(30(38)42-2)29(32(40)43-3)37-24-13-9-8-12-21(24)14-17-26(37)34(28)23-18-22(35)15-16-25(23)36(33(34)41)19-20-10-6-5-7-11-20/h5-18,26,28H,4,19H2,1-3H3/t26?,28-,34-/m1/s1. The van der Waals surface area contributed by atoms with Gasteiger partial charge in [0, 0.05) is 16.4 Å². The molecule has 1 amide bonds. The summed E-state index contributed by atoms with van der Waals surface area (Å²) in [5.74, 6) is -4.75. The first-order valence-corrected chi connectivity index (χ1v) is 14.5. The molecule has 0 radical (unpaired) electrons. The van der Waals surface area contributed by atoms with E-state index in [1.54, 1.807) is 53.1 Å². The lowest BCUT2D eigenvalue weighted by molar-refractivity contribution is -0.155. The highest BCUT2D eigenvalue weighted by atomic mass is 35.5. The molecule has 3 aliphatic heterocycles. The van der Waals surface area contributed by atoms with Crippen molar-refractivity contribution in [1.82, 2.24) is 0 Å². The third-order valence-corrected chi connectivity index (χ3v) is 8.66. The van der Waals surface area contributed by atoms with Crippen molar-refractivity contribution in [2.45, 2.75) is 24.9 Å². The summed E-state index contributed by atoms with van der Waals surface area (Å²) >= 11 is 6.60. The van der Waals surface area contributed by atoms with Gasteiger partial charge in [0.25, 0.3) is 0 Å². The van der Waals surface area contributed by atoms with Crippen LogP contribution < -0.4 is 9.80 Å². The number of esters is 3. The molecule has 0 bridgehead atoms. The van der Waals surface area contributed by atoms with Gasteiger partial charge in [0.1, 0.15) is 17.0 Å². The van der Waals surface area contributed by atoms with E-state index < -0.39 is 41.2 Å². The summed E-state index contributed by atoms with van der Waals surface area (Å²) < 4.78 is 16.0. The van der Waals surface area contributed by atoms with Crippen molar-refractivity contribution in [2.75, 3.05) is 30.6 Å². The second-order valence-electron chi connectivity index (χ2n) is 10.6. The molecule has 0 fully saturated rings. The van der Waals surface area contributed by atoms with E-state index >= 15 is 4.79 Å². The van der Waals surface area contributed by atoms with Crippen LogP contribution in [0.5, 0.6) is 0 Å². The van der Waals surface area contributed by atoms with E-state index in [1.165, 1.54) is 7.11 Å². The second-order valence-corrected chi connectivity index (χ2v) is 11.0. The van der Waals surface area contributed by atoms with E-state index in [0.717, 1.165) is 18.2 Å². The Kier molecular flexibility index (Phi) is 7.51. The predicted octanol–water partition coefficient (Wildman–Crippen LogP) is 4.82. The number of rotatable bonds is 6. The Morgan fingerprint density at radius 2 is 1.61 bits per heavy atom. The van der Waals surface area contributed by atoms with Crippen LogP contribution in [0.4, 0.5) is 11.4 Å². The summed E-state index contributed by atoms with van der Waals surface area (Å²) in [6.45, 7) is 1.77. The molecule has 3 atom stereocenters. The average Bonchev–Trinajstić information content (AvgIpc) is 3.27. The third-order valence-electron chi connectivity index (χ3n) is 8.42. The van der Waals surface area contributed by atoms with Gasteiger partial charge in [-0.05, 0) is 47.9 Å². The Morgan fingerprint density at radius 1 is 0.909 bits per heavy atom. The second kappa shape index (κ2) is 11.3. The number of carbonyl (C=O) groups excluding carboxylic acids is 4. The van der Waals surface area contributed by atoms with Gasteiger partial charge in [-0.15, -0.1) is 0 Å². The Hall–Kier alpha value is -4.89. The van der Waals surface area contributed by atoms with Gasteiger partial charge in [-0.1, -0.05) is 72.3 Å². The van der Waals surface area contributed by atoms with E-state index in [2.05, 4.69) is 0 Å². The zero-order valence-corrected chi connectivity index (χ0v) is 25.0. The lowest BCUT2D eigenvalue weighted by atomic mass is 9.59. The van der Waals surface area contributed by atoms with Gasteiger partial charge in [0.2, 0.25) is 5.91 Å². The molecule has 3 aliphatic rings. The molecule has 44 heavy (non-hydrogen) atoms. The van der Waals surface area contributed by atoms with Crippen LogP contribution in [-0.4, -0.2) is 50.7 Å². The molecule has 10 heteroatoms. The molecule has 0 aliphatic carbocycles. The number of carbonyl (C=O) groups is 4. The molecular weight excluding hydrogens is 584 g/mol. The molecule has 224 valence electrons. The maximum absolute atomic E-state index is 15.3. The minimum atomic E-state index is -1.80. The minimum absolute atomic E-state index is 0.0369. The Morgan fingerprint density at radius 3 is 2.32 bits per heavy atom. The van der Waals surface area contributed by atoms with Crippen molar-refractivity contribution >= 4 is 52.9 Å². The number of anilines is 2. The largest absolute Gasteiger partial charge is 0.466 e. The zero-order valence-electron chi connectivity index (χ0n) is 24.3. The number of methoxy groups -OCH3 is 2. The molecule has 0 aromatic heterocycles. The number of amides is 1. The topological polar surface area (TPSA) is 102 Å². The van der Waals surface area contributed by atoms with Crippen molar-refractivity contribution in [2.24, 2.45) is 5.92 Å². The summed E-state index contributed by atoms with van der Waals surface area (Å²) in [7, 11) is 2.34. The first-order chi connectivity index (χ1) is 21.3. The summed E-state index contributed by atoms with van der Waals surface area (Å²) in [4.78, 5) is 60.1. The van der Waals surface area contributed by atoms with Crippen LogP contribution in [0.25, 0.3) is 6.08 Å². The first kappa shape index (κ1) is 29.2. The van der Waals surface area contributed by atoms with Crippen LogP contribution in [0.2, 0.25) is 5.02 Å². The molecule has 9 nitrogen and oxygen atoms in total. The summed E-state index contributed by atoms with van der Waals surface area (Å²) in [5, 5.41) is 0.328. The van der Waals surface area contributed by atoms with Crippen molar-refractivity contribution < 1.29 is 33.4 Å². The van der Waals surface area contributed by atoms with Crippen molar-refractivity contribution in [3.05, 3.63) is 112 Å². The number of fused-ring (bicyclic) bond motifs is 6. The van der Waals surface area contributed by atoms with E-state index in [1.807, 2.05) is 48.5 Å². The Bertz CT molecular complexity index is 1750. The molecule has 6 rings (SSSR count). The van der Waals surface area contributed by atoms with Gasteiger partial charge in [0.15, 0.2) is 0 Å². The minimum Gasteiger partial charge on any atom is -0.466 e. The molecule has 0 saturated carbocycles. The molecule has 3 aromatic carbocycles. The number of hydrogen-bond donors (Lipinski definition) is 0. The molecule has 1 unspecified atom stereocenters. The highest BCUT2D eigenvalue weighted by molar-refractivity contribution is 6.31. The van der Waals surface area contributed by atoms with Crippen molar-refractivity contribution in [3.8, 4) is 0 Å².